The molecule has 4 atom stereocenters. The van der Waals surface area contributed by atoms with Crippen LogP contribution in [0, 0.1) is 11.8 Å². The van der Waals surface area contributed by atoms with Crippen LogP contribution in [0.5, 0.6) is 0 Å². The Bertz CT molecular complexity index is 974. The highest BCUT2D eigenvalue weighted by atomic mass is 32.2. The molecule has 0 aromatic carbocycles. The minimum absolute atomic E-state index is 0.0980. The van der Waals surface area contributed by atoms with Crippen molar-refractivity contribution in [2.45, 2.75) is 69.9 Å². The second kappa shape index (κ2) is 9.04. The number of hydrogen-bond donors (Lipinski definition) is 3. The van der Waals surface area contributed by atoms with E-state index < -0.39 is 16.4 Å². The lowest BCUT2D eigenvalue weighted by molar-refractivity contribution is 0.101. The number of aliphatic hydroxyl groups is 1. The number of thiophene rings is 1. The largest absolute Gasteiger partial charge is 0.393 e. The third kappa shape index (κ3) is 4.94. The Morgan fingerprint density at radius 1 is 1.30 bits per heavy atom. The summed E-state index contributed by atoms with van der Waals surface area (Å²) in [5.41, 5.74) is 2.00. The molecule has 2 saturated carbocycles. The fraction of sp³-hybridized carbons (Fsp3) is 0.700. The molecule has 4 unspecified atom stereocenters. The van der Waals surface area contributed by atoms with Gasteiger partial charge >= 0.3 is 10.3 Å². The van der Waals surface area contributed by atoms with Gasteiger partial charge in [0.2, 0.25) is 0 Å². The van der Waals surface area contributed by atoms with Crippen LogP contribution in [0.25, 0.3) is 10.2 Å². The summed E-state index contributed by atoms with van der Waals surface area (Å²) < 4.78 is 27.9. The Morgan fingerprint density at radius 3 is 2.80 bits per heavy atom. The van der Waals surface area contributed by atoms with Crippen molar-refractivity contribution in [1.29, 1.82) is 0 Å². The number of nitrogens with two attached hydrogens (primary N) is 1. The van der Waals surface area contributed by atoms with Crippen molar-refractivity contribution in [3.8, 4) is 0 Å². The van der Waals surface area contributed by atoms with E-state index in [1.807, 2.05) is 0 Å². The summed E-state index contributed by atoms with van der Waals surface area (Å²) in [6.07, 6.45) is 8.63. The van der Waals surface area contributed by atoms with Crippen LogP contribution in [0.3, 0.4) is 0 Å². The van der Waals surface area contributed by atoms with E-state index in [0.29, 0.717) is 24.8 Å². The van der Waals surface area contributed by atoms with Crippen LogP contribution in [-0.2, 0) is 14.5 Å². The van der Waals surface area contributed by atoms with Gasteiger partial charge in [-0.05, 0) is 55.4 Å². The molecular weight excluding hydrogens is 424 g/mol. The predicted molar refractivity (Wildman–Crippen MR) is 118 cm³/mol. The Kier molecular flexibility index (Phi) is 6.59. The molecule has 30 heavy (non-hydrogen) atoms. The molecule has 10 heteroatoms. The second-order valence-corrected chi connectivity index (χ2v) is 10.8. The van der Waals surface area contributed by atoms with Gasteiger partial charge in [0.1, 0.15) is 12.1 Å². The molecule has 4 rings (SSSR count). The minimum atomic E-state index is -4.01. The van der Waals surface area contributed by atoms with Crippen LogP contribution in [0.2, 0.25) is 0 Å². The van der Waals surface area contributed by atoms with Gasteiger partial charge in [0.25, 0.3) is 0 Å². The number of aliphatic hydroxyl groups excluding tert-OH is 1. The van der Waals surface area contributed by atoms with E-state index in [2.05, 4.69) is 27.6 Å². The first kappa shape index (κ1) is 21.9. The van der Waals surface area contributed by atoms with E-state index in [-0.39, 0.29) is 18.4 Å². The molecule has 0 radical (unpaired) electrons. The molecule has 2 aliphatic carbocycles. The third-order valence-corrected chi connectivity index (χ3v) is 8.10. The third-order valence-electron chi connectivity index (χ3n) is 6.65. The average Bonchev–Trinajstić information content (AvgIpc) is 3.30. The molecule has 166 valence electrons. The molecule has 8 nitrogen and oxygen atoms in total. The van der Waals surface area contributed by atoms with E-state index in [1.165, 1.54) is 32.1 Å². The molecule has 2 aromatic heterocycles. The fourth-order valence-corrected chi connectivity index (χ4v) is 6.37. The van der Waals surface area contributed by atoms with Gasteiger partial charge < -0.3 is 10.4 Å². The van der Waals surface area contributed by atoms with Crippen LogP contribution in [0.4, 0.5) is 5.82 Å². The normalized spacial score (nSPS) is 26.8. The number of aromatic nitrogens is 2. The van der Waals surface area contributed by atoms with Crippen LogP contribution < -0.4 is 10.5 Å². The van der Waals surface area contributed by atoms with Gasteiger partial charge in [-0.25, -0.2) is 15.1 Å². The number of nitrogens with zero attached hydrogens (tertiary/aromatic N) is 2. The van der Waals surface area contributed by atoms with Gasteiger partial charge in [-0.15, -0.1) is 11.3 Å². The molecule has 2 heterocycles. The lowest BCUT2D eigenvalue weighted by Crippen LogP contribution is -2.28. The Labute approximate surface area is 181 Å². The van der Waals surface area contributed by atoms with Gasteiger partial charge in [0.15, 0.2) is 0 Å². The van der Waals surface area contributed by atoms with Gasteiger partial charge in [-0.3, -0.25) is 4.18 Å². The van der Waals surface area contributed by atoms with Crippen molar-refractivity contribution >= 4 is 37.7 Å². The summed E-state index contributed by atoms with van der Waals surface area (Å²) in [6.45, 7) is 2.14. The summed E-state index contributed by atoms with van der Waals surface area (Å²) in [5, 5.41) is 21.0. The van der Waals surface area contributed by atoms with E-state index in [4.69, 9.17) is 9.32 Å². The number of nitrogens with one attached hydrogen (secondary N) is 1. The SMILES string of the molecule is CC(Nc1ncnc2c(C3CC(O)C(COS(N)(=O)=O)C3)csc12)C1CCCCC1. The number of rotatable bonds is 7. The summed E-state index contributed by atoms with van der Waals surface area (Å²) in [6, 6.07) is 0.363. The van der Waals surface area contributed by atoms with Gasteiger partial charge in [0.05, 0.1) is 22.9 Å². The standard InChI is InChI=1S/C20H30N4O4S2/c1-12(13-5-3-2-4-6-13)24-20-19-18(22-11-23-20)16(10-29-19)14-7-15(17(25)8-14)9-28-30(21,26)27/h10-15,17,25H,2-9H2,1H3,(H2,21,26,27)(H,22,23,24). The topological polar surface area (TPSA) is 127 Å². The zero-order chi connectivity index (χ0) is 21.3. The van der Waals surface area contributed by atoms with Gasteiger partial charge in [-0.2, -0.15) is 8.42 Å². The van der Waals surface area contributed by atoms with Crippen molar-refractivity contribution < 1.29 is 17.7 Å². The molecule has 0 saturated heterocycles. The lowest BCUT2D eigenvalue weighted by atomic mass is 9.84. The van der Waals surface area contributed by atoms with Gasteiger partial charge in [-0.1, -0.05) is 19.3 Å². The fourth-order valence-electron chi connectivity index (χ4n) is 4.95. The highest BCUT2D eigenvalue weighted by Crippen LogP contribution is 2.44. The first-order chi connectivity index (χ1) is 14.3. The molecule has 2 aliphatic rings. The highest BCUT2D eigenvalue weighted by molar-refractivity contribution is 7.84. The van der Waals surface area contributed by atoms with Crippen molar-refractivity contribution in [3.05, 3.63) is 17.3 Å². The molecular formula is C20H30N4O4S2. The summed E-state index contributed by atoms with van der Waals surface area (Å²) in [4.78, 5) is 9.04. The maximum absolute atomic E-state index is 11.1. The smallest absolute Gasteiger partial charge is 0.333 e. The molecule has 4 N–H and O–H groups in total. The van der Waals surface area contributed by atoms with E-state index in [0.717, 1.165) is 21.6 Å². The molecule has 0 bridgehead atoms. The van der Waals surface area contributed by atoms with E-state index >= 15 is 0 Å². The number of hydrogen-bond acceptors (Lipinski definition) is 8. The van der Waals surface area contributed by atoms with Gasteiger partial charge in [0, 0.05) is 12.0 Å². The quantitative estimate of drug-likeness (QED) is 0.586. The first-order valence-corrected chi connectivity index (χ1v) is 13.0. The first-order valence-electron chi connectivity index (χ1n) is 10.7. The molecule has 0 amide bonds. The van der Waals surface area contributed by atoms with E-state index in [9.17, 15) is 13.5 Å². The maximum Gasteiger partial charge on any atom is 0.333 e. The second-order valence-electron chi connectivity index (χ2n) is 8.70. The van der Waals surface area contributed by atoms with Crippen molar-refractivity contribution in [3.63, 3.8) is 0 Å². The summed E-state index contributed by atoms with van der Waals surface area (Å²) in [5.74, 6) is 1.38. The maximum atomic E-state index is 11.1. The van der Waals surface area contributed by atoms with Crippen LogP contribution in [-0.4, -0.2) is 42.2 Å². The minimum Gasteiger partial charge on any atom is -0.393 e. The Balaban J connectivity index is 1.49. The van der Waals surface area contributed by atoms with Crippen molar-refractivity contribution in [2.75, 3.05) is 11.9 Å². The molecule has 0 aliphatic heterocycles. The Hall–Kier alpha value is -1.33. The van der Waals surface area contributed by atoms with Crippen LogP contribution in [0.1, 0.15) is 63.4 Å². The monoisotopic (exact) mass is 454 g/mol. The van der Waals surface area contributed by atoms with Crippen molar-refractivity contribution in [2.24, 2.45) is 17.0 Å². The molecule has 0 spiro atoms. The number of anilines is 1. The zero-order valence-corrected chi connectivity index (χ0v) is 18.8. The number of fused-ring (bicyclic) bond motifs is 1. The lowest BCUT2D eigenvalue weighted by Gasteiger charge is -2.28. The van der Waals surface area contributed by atoms with Crippen molar-refractivity contribution in [1.82, 2.24) is 9.97 Å². The molecule has 2 fully saturated rings. The van der Waals surface area contributed by atoms with Crippen LogP contribution >= 0.6 is 11.3 Å². The highest BCUT2D eigenvalue weighted by Gasteiger charge is 2.36. The average molecular weight is 455 g/mol. The molecule has 2 aromatic rings. The summed E-state index contributed by atoms with van der Waals surface area (Å²) in [7, 11) is -4.01. The predicted octanol–water partition coefficient (Wildman–Crippen LogP) is 3.15. The van der Waals surface area contributed by atoms with Crippen LogP contribution in [0.15, 0.2) is 11.7 Å². The zero-order valence-electron chi connectivity index (χ0n) is 17.2. The Morgan fingerprint density at radius 2 is 2.07 bits per heavy atom. The summed E-state index contributed by atoms with van der Waals surface area (Å²) >= 11 is 1.62. The van der Waals surface area contributed by atoms with E-state index in [1.54, 1.807) is 17.7 Å².